The van der Waals surface area contributed by atoms with Crippen molar-refractivity contribution in [3.63, 3.8) is 0 Å². The Kier molecular flexibility index (Phi) is 6.39. The van der Waals surface area contributed by atoms with Crippen molar-refractivity contribution in [3.05, 3.63) is 106 Å². The van der Waals surface area contributed by atoms with E-state index in [0.717, 1.165) is 25.8 Å². The molecule has 0 fully saturated rings. The van der Waals surface area contributed by atoms with Crippen molar-refractivity contribution in [3.8, 4) is 0 Å². The molecule has 3 nitrogen and oxygen atoms in total. The average Bonchev–Trinajstić information content (AvgIpc) is 3.10. The van der Waals surface area contributed by atoms with Gasteiger partial charge in [-0.15, -0.1) is 0 Å². The molecule has 0 bridgehead atoms. The molecule has 1 aromatic heterocycles. The molecule has 4 rings (SSSR count). The highest BCUT2D eigenvalue weighted by molar-refractivity contribution is 9.10. The molecule has 0 amide bonds. The summed E-state index contributed by atoms with van der Waals surface area (Å²) in [4.78, 5) is 1.04. The molecule has 0 unspecified atom stereocenters. The number of para-hydroxylation sites is 2. The van der Waals surface area contributed by atoms with Crippen LogP contribution in [0.2, 0.25) is 5.02 Å². The van der Waals surface area contributed by atoms with Crippen molar-refractivity contribution in [2.24, 2.45) is 5.10 Å². The number of nitrogens with zero attached hydrogens (tertiary/aromatic N) is 2. The molecule has 0 N–H and O–H groups in total. The lowest BCUT2D eigenvalue weighted by atomic mass is 10.2. The summed E-state index contributed by atoms with van der Waals surface area (Å²) in [6.07, 6.45) is 1.72. The summed E-state index contributed by atoms with van der Waals surface area (Å²) in [5, 5.41) is 8.03. The van der Waals surface area contributed by atoms with Crippen LogP contribution in [-0.4, -0.2) is 6.21 Å². The van der Waals surface area contributed by atoms with Gasteiger partial charge in [0.15, 0.2) is 5.09 Å². The number of rotatable bonds is 6. The molecular formula is C23H16BrClN2OS. The van der Waals surface area contributed by atoms with E-state index < -0.39 is 0 Å². The van der Waals surface area contributed by atoms with E-state index in [2.05, 4.69) is 21.0 Å². The summed E-state index contributed by atoms with van der Waals surface area (Å²) < 4.78 is 6.86. The minimum Gasteiger partial charge on any atom is -0.447 e. The van der Waals surface area contributed by atoms with E-state index in [0.29, 0.717) is 10.8 Å². The Hall–Kier alpha value is -2.47. The quantitative estimate of drug-likeness (QED) is 0.205. The van der Waals surface area contributed by atoms with E-state index >= 15 is 0 Å². The Morgan fingerprint density at radius 2 is 1.45 bits per heavy atom. The summed E-state index contributed by atoms with van der Waals surface area (Å²) in [6.45, 7) is 0. The van der Waals surface area contributed by atoms with E-state index in [4.69, 9.17) is 16.0 Å². The minimum atomic E-state index is 0.658. The van der Waals surface area contributed by atoms with E-state index in [9.17, 15) is 0 Å². The Balaban J connectivity index is 1.59. The highest BCUT2D eigenvalue weighted by Gasteiger charge is 2.11. The zero-order valence-electron chi connectivity index (χ0n) is 15.2. The summed E-state index contributed by atoms with van der Waals surface area (Å²) in [5.74, 6) is 0.658. The molecule has 1 heterocycles. The van der Waals surface area contributed by atoms with Crippen LogP contribution in [0.1, 0.15) is 5.76 Å². The first kappa shape index (κ1) is 19.8. The maximum absolute atomic E-state index is 5.98. The molecule has 4 aromatic rings. The zero-order valence-corrected chi connectivity index (χ0v) is 18.4. The number of anilines is 2. The predicted molar refractivity (Wildman–Crippen MR) is 125 cm³/mol. The van der Waals surface area contributed by atoms with E-state index in [-0.39, 0.29) is 0 Å². The molecule has 144 valence electrons. The lowest BCUT2D eigenvalue weighted by molar-refractivity contribution is 0.466. The van der Waals surface area contributed by atoms with Crippen LogP contribution in [0.3, 0.4) is 0 Å². The molecule has 0 aliphatic rings. The van der Waals surface area contributed by atoms with Gasteiger partial charge in [-0.2, -0.15) is 5.10 Å². The fraction of sp³-hybridized carbons (Fsp3) is 0. The lowest BCUT2D eigenvalue weighted by Gasteiger charge is -2.18. The molecule has 0 aliphatic heterocycles. The zero-order chi connectivity index (χ0) is 20.1. The Bertz CT molecular complexity index is 1060. The molecule has 29 heavy (non-hydrogen) atoms. The third-order valence-corrected chi connectivity index (χ3v) is 6.10. The van der Waals surface area contributed by atoms with Crippen molar-refractivity contribution >= 4 is 56.9 Å². The van der Waals surface area contributed by atoms with Gasteiger partial charge in [0.2, 0.25) is 0 Å². The normalized spacial score (nSPS) is 11.1. The largest absolute Gasteiger partial charge is 0.447 e. The van der Waals surface area contributed by atoms with Crippen LogP contribution in [0.4, 0.5) is 11.4 Å². The van der Waals surface area contributed by atoms with Gasteiger partial charge in [0.1, 0.15) is 5.76 Å². The second-order valence-electron chi connectivity index (χ2n) is 6.07. The van der Waals surface area contributed by atoms with Crippen LogP contribution >= 0.6 is 39.3 Å². The van der Waals surface area contributed by atoms with Gasteiger partial charge in [-0.05, 0) is 64.5 Å². The average molecular weight is 484 g/mol. The molecular weight excluding hydrogens is 468 g/mol. The molecule has 0 radical (unpaired) electrons. The predicted octanol–water partition coefficient (Wildman–Crippen LogP) is 8.02. The van der Waals surface area contributed by atoms with Crippen LogP contribution in [0.5, 0.6) is 0 Å². The summed E-state index contributed by atoms with van der Waals surface area (Å²) in [5.41, 5.74) is 1.94. The van der Waals surface area contributed by atoms with Crippen molar-refractivity contribution in [2.75, 3.05) is 5.01 Å². The van der Waals surface area contributed by atoms with Crippen LogP contribution in [0.15, 0.2) is 115 Å². The fourth-order valence-electron chi connectivity index (χ4n) is 2.65. The highest BCUT2D eigenvalue weighted by Crippen LogP contribution is 2.36. The van der Waals surface area contributed by atoms with Crippen LogP contribution in [-0.2, 0) is 0 Å². The van der Waals surface area contributed by atoms with Crippen LogP contribution < -0.4 is 5.01 Å². The molecule has 0 atom stereocenters. The first-order valence-corrected chi connectivity index (χ1v) is 10.8. The number of hydrogen-bond acceptors (Lipinski definition) is 4. The van der Waals surface area contributed by atoms with Crippen molar-refractivity contribution in [2.45, 2.75) is 9.99 Å². The molecule has 6 heteroatoms. The van der Waals surface area contributed by atoms with Gasteiger partial charge >= 0.3 is 0 Å². The Morgan fingerprint density at radius 1 is 0.862 bits per heavy atom. The van der Waals surface area contributed by atoms with Gasteiger partial charge in [0, 0.05) is 16.0 Å². The summed E-state index contributed by atoms with van der Waals surface area (Å²) in [7, 11) is 0. The topological polar surface area (TPSA) is 28.7 Å². The van der Waals surface area contributed by atoms with Crippen LogP contribution in [0, 0.1) is 0 Å². The SMILES string of the molecule is Clc1ccc(Sc2oc(C=NN(c3ccccc3)c3ccccc3)cc2Br)cc1. The van der Waals surface area contributed by atoms with Gasteiger partial charge in [0.25, 0.3) is 0 Å². The molecule has 3 aromatic carbocycles. The van der Waals surface area contributed by atoms with Crippen LogP contribution in [0.25, 0.3) is 0 Å². The minimum absolute atomic E-state index is 0.658. The van der Waals surface area contributed by atoms with Gasteiger partial charge in [-0.1, -0.05) is 59.8 Å². The van der Waals surface area contributed by atoms with E-state index in [1.54, 1.807) is 6.21 Å². The van der Waals surface area contributed by atoms with Gasteiger partial charge in [0.05, 0.1) is 22.1 Å². The molecule has 0 aliphatic carbocycles. The number of halogens is 2. The lowest BCUT2D eigenvalue weighted by Crippen LogP contribution is -2.08. The maximum Gasteiger partial charge on any atom is 0.180 e. The van der Waals surface area contributed by atoms with E-state index in [1.165, 1.54) is 11.8 Å². The smallest absolute Gasteiger partial charge is 0.180 e. The molecule has 0 saturated heterocycles. The standard InChI is InChI=1S/C23H16BrClN2OS/c24-22-15-20(28-23(22)29-21-13-11-17(25)12-14-21)16-26-27(18-7-3-1-4-8-18)19-9-5-2-6-10-19/h1-16H. The van der Waals surface area contributed by atoms with E-state index in [1.807, 2.05) is 96.0 Å². The third kappa shape index (κ3) is 5.12. The molecule has 0 spiro atoms. The molecule has 0 saturated carbocycles. The first-order chi connectivity index (χ1) is 14.2. The van der Waals surface area contributed by atoms with Gasteiger partial charge in [-0.25, -0.2) is 5.01 Å². The Morgan fingerprint density at radius 3 is 2.03 bits per heavy atom. The van der Waals surface area contributed by atoms with Gasteiger partial charge < -0.3 is 4.42 Å². The number of furan rings is 1. The van der Waals surface area contributed by atoms with Crippen molar-refractivity contribution < 1.29 is 4.42 Å². The monoisotopic (exact) mass is 482 g/mol. The van der Waals surface area contributed by atoms with Gasteiger partial charge in [-0.3, -0.25) is 0 Å². The second kappa shape index (κ2) is 9.35. The highest BCUT2D eigenvalue weighted by atomic mass is 79.9. The number of benzene rings is 3. The summed E-state index contributed by atoms with van der Waals surface area (Å²) in [6, 6.07) is 29.6. The summed E-state index contributed by atoms with van der Waals surface area (Å²) >= 11 is 11.1. The first-order valence-electron chi connectivity index (χ1n) is 8.86. The fourth-order valence-corrected chi connectivity index (χ4v) is 4.10. The van der Waals surface area contributed by atoms with Crippen molar-refractivity contribution in [1.82, 2.24) is 0 Å². The van der Waals surface area contributed by atoms with Crippen molar-refractivity contribution in [1.29, 1.82) is 0 Å². The maximum atomic E-state index is 5.98. The third-order valence-electron chi connectivity index (χ3n) is 4.00. The number of hydrazone groups is 1. The Labute approximate surface area is 187 Å². The second-order valence-corrected chi connectivity index (χ2v) is 8.40. The number of hydrogen-bond donors (Lipinski definition) is 0.